The topological polar surface area (TPSA) is 62.2 Å². The number of carbonyl (C=O) groups is 1. The summed E-state index contributed by atoms with van der Waals surface area (Å²) in [5.74, 6) is -0.164. The van der Waals surface area contributed by atoms with E-state index in [0.29, 0.717) is 4.88 Å². The quantitative estimate of drug-likeness (QED) is 0.884. The Morgan fingerprint density at radius 2 is 1.96 bits per heavy atom. The number of hydrogen-bond acceptors (Lipinski definition) is 4. The molecule has 23 heavy (non-hydrogen) atoms. The normalized spacial score (nSPS) is 12.9. The van der Waals surface area contributed by atoms with Crippen molar-refractivity contribution < 1.29 is 9.90 Å². The number of rotatable bonds is 5. The molecule has 0 aliphatic carbocycles. The molecular formula is C18H24N2O2S. The van der Waals surface area contributed by atoms with Gasteiger partial charge in [0.1, 0.15) is 4.88 Å². The number of amides is 1. The fraction of sp³-hybridized carbons (Fsp3) is 0.444. The van der Waals surface area contributed by atoms with Gasteiger partial charge in [-0.3, -0.25) is 4.79 Å². The second kappa shape index (κ2) is 7.23. The summed E-state index contributed by atoms with van der Waals surface area (Å²) < 4.78 is 0. The summed E-state index contributed by atoms with van der Waals surface area (Å²) in [6.45, 7) is 7.92. The van der Waals surface area contributed by atoms with Crippen LogP contribution in [0.25, 0.3) is 0 Å². The second-order valence-corrected chi connectivity index (χ2v) is 7.86. The van der Waals surface area contributed by atoms with Crippen molar-refractivity contribution in [3.63, 3.8) is 0 Å². The van der Waals surface area contributed by atoms with E-state index >= 15 is 0 Å². The van der Waals surface area contributed by atoms with Gasteiger partial charge in [0.2, 0.25) is 0 Å². The van der Waals surface area contributed by atoms with E-state index in [9.17, 15) is 9.90 Å². The molecule has 2 N–H and O–H groups in total. The minimum atomic E-state index is -0.580. The zero-order chi connectivity index (χ0) is 17.0. The smallest absolute Gasteiger partial charge is 0.263 e. The highest BCUT2D eigenvalue weighted by molar-refractivity contribution is 7.13. The molecular weight excluding hydrogens is 308 g/mol. The van der Waals surface area contributed by atoms with Gasteiger partial charge in [0, 0.05) is 13.0 Å². The second-order valence-electron chi connectivity index (χ2n) is 6.78. The van der Waals surface area contributed by atoms with E-state index in [-0.39, 0.29) is 17.9 Å². The average molecular weight is 332 g/mol. The predicted molar refractivity (Wildman–Crippen MR) is 93.9 cm³/mol. The van der Waals surface area contributed by atoms with E-state index < -0.39 is 6.10 Å². The maximum absolute atomic E-state index is 12.3. The lowest BCUT2D eigenvalue weighted by Gasteiger charge is -2.25. The van der Waals surface area contributed by atoms with Gasteiger partial charge in [0.05, 0.1) is 16.8 Å². The molecule has 4 nitrogen and oxygen atoms in total. The fourth-order valence-electron chi connectivity index (χ4n) is 2.08. The highest BCUT2D eigenvalue weighted by atomic mass is 32.1. The van der Waals surface area contributed by atoms with Crippen LogP contribution >= 0.6 is 11.3 Å². The first-order chi connectivity index (χ1) is 10.8. The summed E-state index contributed by atoms with van der Waals surface area (Å²) in [5, 5.41) is 13.8. The Hall–Kier alpha value is -1.72. The van der Waals surface area contributed by atoms with E-state index in [2.05, 4.69) is 22.4 Å². The number of carbonyl (C=O) groups excluding carboxylic acids is 1. The molecule has 0 spiro atoms. The molecule has 0 aliphatic heterocycles. The Labute approximate surface area is 141 Å². The zero-order valence-corrected chi connectivity index (χ0v) is 14.9. The van der Waals surface area contributed by atoms with Gasteiger partial charge >= 0.3 is 0 Å². The highest BCUT2D eigenvalue weighted by Gasteiger charge is 2.23. The summed E-state index contributed by atoms with van der Waals surface area (Å²) in [5.41, 5.74) is 1.66. The van der Waals surface area contributed by atoms with Gasteiger partial charge in [0.15, 0.2) is 0 Å². The van der Waals surface area contributed by atoms with Gasteiger partial charge in [-0.15, -0.1) is 11.3 Å². The zero-order valence-electron chi connectivity index (χ0n) is 14.1. The van der Waals surface area contributed by atoms with Crippen LogP contribution in [-0.2, 0) is 6.42 Å². The first kappa shape index (κ1) is 17.6. The van der Waals surface area contributed by atoms with Crippen molar-refractivity contribution >= 4 is 17.2 Å². The van der Waals surface area contributed by atoms with Gasteiger partial charge in [0.25, 0.3) is 5.91 Å². The van der Waals surface area contributed by atoms with E-state index in [1.165, 1.54) is 16.9 Å². The summed E-state index contributed by atoms with van der Waals surface area (Å²) in [7, 11) is 0. The molecule has 1 atom stereocenters. The molecule has 0 saturated carbocycles. The maximum Gasteiger partial charge on any atom is 0.263 e. The number of aliphatic hydroxyl groups is 1. The number of nitrogens with one attached hydrogen (secondary N) is 1. The molecule has 2 aromatic rings. The molecule has 1 unspecified atom stereocenters. The van der Waals surface area contributed by atoms with Crippen LogP contribution in [0.3, 0.4) is 0 Å². The Bertz CT molecular complexity index is 659. The molecule has 0 saturated heterocycles. The monoisotopic (exact) mass is 332 g/mol. The van der Waals surface area contributed by atoms with Crippen molar-refractivity contribution in [1.29, 1.82) is 0 Å². The van der Waals surface area contributed by atoms with Gasteiger partial charge in [-0.1, -0.05) is 51.1 Å². The molecule has 124 valence electrons. The van der Waals surface area contributed by atoms with Crippen LogP contribution in [0.5, 0.6) is 0 Å². The minimum absolute atomic E-state index is 0.164. The van der Waals surface area contributed by atoms with Crippen molar-refractivity contribution in [2.75, 3.05) is 6.54 Å². The summed E-state index contributed by atoms with van der Waals surface area (Å²) in [6.07, 6.45) is 0.146. The number of hydrogen-bond donors (Lipinski definition) is 2. The van der Waals surface area contributed by atoms with Crippen molar-refractivity contribution in [2.24, 2.45) is 5.41 Å². The molecule has 2 rings (SSSR count). The number of aliphatic hydroxyl groups excluding tert-OH is 1. The van der Waals surface area contributed by atoms with E-state index in [0.717, 1.165) is 17.1 Å². The lowest BCUT2D eigenvalue weighted by atomic mass is 9.89. The maximum atomic E-state index is 12.3. The van der Waals surface area contributed by atoms with Crippen LogP contribution in [-0.4, -0.2) is 28.6 Å². The number of nitrogens with zero attached hydrogens (tertiary/aromatic N) is 1. The third-order valence-electron chi connectivity index (χ3n) is 3.70. The molecule has 0 radical (unpaired) electrons. The van der Waals surface area contributed by atoms with Crippen molar-refractivity contribution in [3.8, 4) is 0 Å². The summed E-state index contributed by atoms with van der Waals surface area (Å²) in [4.78, 5) is 17.4. The molecule has 1 aromatic carbocycles. The fourth-order valence-corrected chi connectivity index (χ4v) is 3.10. The molecule has 5 heteroatoms. The number of aryl methyl sites for hydroxylation is 1. The molecule has 0 fully saturated rings. The van der Waals surface area contributed by atoms with Crippen LogP contribution < -0.4 is 5.32 Å². The Balaban J connectivity index is 2.01. The van der Waals surface area contributed by atoms with Gasteiger partial charge in [-0.05, 0) is 17.9 Å². The Morgan fingerprint density at radius 1 is 1.30 bits per heavy atom. The standard InChI is InChI=1S/C18H24N2O2S/c1-12-16(17(22)19-11-14(21)18(2,3)4)23-15(20-12)10-13-8-6-5-7-9-13/h5-9,14,21H,10-11H2,1-4H3,(H,19,22). The van der Waals surface area contributed by atoms with Crippen LogP contribution in [0.1, 0.15) is 46.7 Å². The number of thiazole rings is 1. The molecule has 0 aliphatic rings. The van der Waals surface area contributed by atoms with E-state index in [1.807, 2.05) is 45.9 Å². The Morgan fingerprint density at radius 3 is 2.57 bits per heavy atom. The van der Waals surface area contributed by atoms with Crippen LogP contribution in [0, 0.1) is 12.3 Å². The van der Waals surface area contributed by atoms with Crippen LogP contribution in [0.4, 0.5) is 0 Å². The highest BCUT2D eigenvalue weighted by Crippen LogP contribution is 2.22. The van der Waals surface area contributed by atoms with Crippen LogP contribution in [0.15, 0.2) is 30.3 Å². The summed E-state index contributed by atoms with van der Waals surface area (Å²) in [6, 6.07) is 10.1. The first-order valence-corrected chi connectivity index (χ1v) is 8.55. The SMILES string of the molecule is Cc1nc(Cc2ccccc2)sc1C(=O)NCC(O)C(C)(C)C. The molecule has 1 aromatic heterocycles. The van der Waals surface area contributed by atoms with E-state index in [4.69, 9.17) is 0 Å². The molecule has 0 bridgehead atoms. The number of benzene rings is 1. The summed E-state index contributed by atoms with van der Waals surface area (Å²) >= 11 is 1.42. The first-order valence-electron chi connectivity index (χ1n) is 7.74. The average Bonchev–Trinajstić information content (AvgIpc) is 2.85. The lowest BCUT2D eigenvalue weighted by Crippen LogP contribution is -2.39. The predicted octanol–water partition coefficient (Wildman–Crippen LogP) is 3.18. The number of aromatic nitrogens is 1. The van der Waals surface area contributed by atoms with Gasteiger partial charge in [-0.2, -0.15) is 0 Å². The third kappa shape index (κ3) is 4.88. The van der Waals surface area contributed by atoms with Crippen LogP contribution in [0.2, 0.25) is 0 Å². The lowest BCUT2D eigenvalue weighted by molar-refractivity contribution is 0.0588. The van der Waals surface area contributed by atoms with E-state index in [1.54, 1.807) is 0 Å². The minimum Gasteiger partial charge on any atom is -0.391 e. The van der Waals surface area contributed by atoms with Crippen molar-refractivity contribution in [3.05, 3.63) is 51.5 Å². The Kier molecular flexibility index (Phi) is 5.55. The molecule has 1 heterocycles. The third-order valence-corrected chi connectivity index (χ3v) is 4.86. The van der Waals surface area contributed by atoms with Gasteiger partial charge < -0.3 is 10.4 Å². The molecule has 1 amide bonds. The van der Waals surface area contributed by atoms with Crippen molar-refractivity contribution in [1.82, 2.24) is 10.3 Å². The van der Waals surface area contributed by atoms with Gasteiger partial charge in [-0.25, -0.2) is 4.98 Å². The van der Waals surface area contributed by atoms with Crippen molar-refractivity contribution in [2.45, 2.75) is 40.2 Å². The largest absolute Gasteiger partial charge is 0.391 e.